The Labute approximate surface area is 316 Å². The fraction of sp³-hybridized carbons (Fsp3) is 0. The third kappa shape index (κ3) is 4.29. The molecule has 238 valence electrons. The van der Waals surface area contributed by atoms with Gasteiger partial charge in [0, 0.05) is 47.4 Å². The van der Waals surface area contributed by atoms with E-state index in [-0.39, 0.29) is 40.9 Å². The van der Waals surface area contributed by atoms with Crippen molar-refractivity contribution in [3.8, 4) is 33.6 Å². The smallest absolute Gasteiger partial charge is 0.0645 e. The van der Waals surface area contributed by atoms with Gasteiger partial charge in [-0.1, -0.05) is 121 Å². The average molecular weight is 680 g/mol. The summed E-state index contributed by atoms with van der Waals surface area (Å²) in [6.07, 6.45) is 0. The van der Waals surface area contributed by atoms with Crippen molar-refractivity contribution in [3.05, 3.63) is 182 Å². The lowest BCUT2D eigenvalue weighted by Gasteiger charge is -2.13. The third-order valence-corrected chi connectivity index (χ3v) is 10.7. The summed E-state index contributed by atoms with van der Waals surface area (Å²) in [6, 6.07) is 27.3. The molecule has 51 heavy (non-hydrogen) atoms. The van der Waals surface area contributed by atoms with E-state index in [1.165, 1.54) is 0 Å². The lowest BCUT2D eigenvalue weighted by atomic mass is 9.98. The van der Waals surface area contributed by atoms with E-state index in [4.69, 9.17) is 16.4 Å². The van der Waals surface area contributed by atoms with Crippen molar-refractivity contribution in [1.29, 1.82) is 0 Å². The number of benzene rings is 8. The van der Waals surface area contributed by atoms with Crippen molar-refractivity contribution in [2.45, 2.75) is 0 Å². The Morgan fingerprint density at radius 2 is 1.12 bits per heavy atom. The van der Waals surface area contributed by atoms with Crippen LogP contribution >= 0.6 is 11.3 Å². The molecule has 0 unspecified atom stereocenters. The Bertz CT molecular complexity index is 3870. The third-order valence-electron chi connectivity index (χ3n) is 9.60. The van der Waals surface area contributed by atoms with E-state index in [9.17, 15) is 1.37 Å². The van der Waals surface area contributed by atoms with Crippen LogP contribution in [0.1, 0.15) is 17.8 Å². The first-order valence-corrected chi connectivity index (χ1v) is 17.2. The van der Waals surface area contributed by atoms with Gasteiger partial charge >= 0.3 is 0 Å². The predicted molar refractivity (Wildman–Crippen MR) is 219 cm³/mol. The number of fused-ring (bicyclic) bond motifs is 9. The first-order valence-electron chi connectivity index (χ1n) is 22.9. The van der Waals surface area contributed by atoms with Gasteiger partial charge in [0.15, 0.2) is 0 Å². The molecule has 0 aliphatic rings. The minimum Gasteiger partial charge on any atom is -0.309 e. The number of hydrogen-bond acceptors (Lipinski definition) is 1. The van der Waals surface area contributed by atoms with Gasteiger partial charge in [-0.3, -0.25) is 0 Å². The van der Waals surface area contributed by atoms with Crippen LogP contribution in [0.25, 0.3) is 97.4 Å². The molecule has 0 spiro atoms. The van der Waals surface area contributed by atoms with Crippen molar-refractivity contribution in [2.24, 2.45) is 0 Å². The minimum absolute atomic E-state index is 0.00722. The van der Waals surface area contributed by atoms with Gasteiger partial charge in [-0.2, -0.15) is 0 Å². The Morgan fingerprint density at radius 3 is 1.98 bits per heavy atom. The van der Waals surface area contributed by atoms with Crippen LogP contribution in [0, 0.1) is 0 Å². The van der Waals surface area contributed by atoms with E-state index in [1.807, 2.05) is 95.6 Å². The average Bonchev–Trinajstić information content (AvgIpc) is 3.97. The van der Waals surface area contributed by atoms with E-state index in [1.54, 1.807) is 17.4 Å². The lowest BCUT2D eigenvalue weighted by Crippen LogP contribution is -1.97. The highest BCUT2D eigenvalue weighted by Crippen LogP contribution is 2.43. The molecule has 2 nitrogen and oxygen atoms in total. The Morgan fingerprint density at radius 1 is 0.412 bits per heavy atom. The number of rotatable bonds is 4. The zero-order chi connectivity index (χ0) is 44.8. The van der Waals surface area contributed by atoms with Crippen molar-refractivity contribution in [3.63, 3.8) is 0 Å². The second-order valence-corrected chi connectivity index (χ2v) is 13.4. The van der Waals surface area contributed by atoms with Crippen LogP contribution in [-0.4, -0.2) is 9.13 Å². The van der Waals surface area contributed by atoms with Gasteiger partial charge in [0.05, 0.1) is 45.6 Å². The van der Waals surface area contributed by atoms with Crippen LogP contribution in [0.5, 0.6) is 0 Å². The van der Waals surface area contributed by atoms with Crippen LogP contribution in [0.2, 0.25) is 0 Å². The lowest BCUT2D eigenvalue weighted by molar-refractivity contribution is 1.16. The molecule has 0 radical (unpaired) electrons. The summed E-state index contributed by atoms with van der Waals surface area (Å²) in [5, 5.41) is 4.75. The maximum atomic E-state index is 9.38. The maximum absolute atomic E-state index is 9.38. The monoisotopic (exact) mass is 679 g/mol. The summed E-state index contributed by atoms with van der Waals surface area (Å²) < 4.78 is 119. The number of hydrogen-bond donors (Lipinski definition) is 0. The van der Waals surface area contributed by atoms with Crippen LogP contribution < -0.4 is 0 Å². The fourth-order valence-corrected chi connectivity index (χ4v) is 8.54. The van der Waals surface area contributed by atoms with Crippen molar-refractivity contribution >= 4 is 75.1 Å². The SMILES string of the molecule is [2H]c1c([2H])c([2H])c(-c2c([2H])c([2H])c([2H])c(-c3ccc4sc5cccc(-n6c7ccccc7c7ccc(-n8c9ccccc9c9c([2H])c([2H])c([2H])c([2H])c98)cc76)c5c4c3)c2[2H])c([2H])c1[2H]. The Balaban J connectivity index is 1.19. The molecule has 3 heteroatoms. The number of aromatic nitrogens is 2. The molecule has 11 aromatic rings. The highest BCUT2D eigenvalue weighted by molar-refractivity contribution is 7.25. The molecule has 0 amide bonds. The van der Waals surface area contributed by atoms with Crippen LogP contribution in [0.15, 0.2) is 182 Å². The zero-order valence-electron chi connectivity index (χ0n) is 39.6. The first kappa shape index (κ1) is 18.5. The quantitative estimate of drug-likeness (QED) is 0.175. The van der Waals surface area contributed by atoms with Crippen molar-refractivity contribution < 1.29 is 17.8 Å². The molecular weight excluding hydrogens is 637 g/mol. The molecule has 3 heterocycles. The number of para-hydroxylation sites is 3. The van der Waals surface area contributed by atoms with E-state index < -0.39 is 54.4 Å². The summed E-state index contributed by atoms with van der Waals surface area (Å²) >= 11 is 1.56. The van der Waals surface area contributed by atoms with Gasteiger partial charge in [-0.25, -0.2) is 0 Å². The zero-order valence-corrected chi connectivity index (χ0v) is 27.4. The molecule has 0 bridgehead atoms. The molecule has 3 aromatic heterocycles. The molecule has 0 saturated heterocycles. The molecule has 11 rings (SSSR count). The molecule has 0 N–H and O–H groups in total. The molecule has 0 aliphatic carbocycles. The maximum Gasteiger partial charge on any atom is 0.0645 e. The van der Waals surface area contributed by atoms with Crippen LogP contribution in [0.4, 0.5) is 0 Å². The van der Waals surface area contributed by atoms with Crippen LogP contribution in [-0.2, 0) is 0 Å². The van der Waals surface area contributed by atoms with E-state index in [0.717, 1.165) is 53.2 Å². The first-order chi connectivity index (χ1) is 30.7. The molecule has 0 fully saturated rings. The van der Waals surface area contributed by atoms with Crippen molar-refractivity contribution in [1.82, 2.24) is 9.13 Å². The summed E-state index contributed by atoms with van der Waals surface area (Å²) in [4.78, 5) is 0. The predicted octanol–water partition coefficient (Wildman–Crippen LogP) is 13.6. The highest BCUT2D eigenvalue weighted by atomic mass is 32.1. The summed E-state index contributed by atoms with van der Waals surface area (Å²) in [6.45, 7) is 0. The summed E-state index contributed by atoms with van der Waals surface area (Å²) in [5.74, 6) is 0. The van der Waals surface area contributed by atoms with Crippen LogP contribution in [0.3, 0.4) is 0 Å². The van der Waals surface area contributed by atoms with Gasteiger partial charge in [0.2, 0.25) is 0 Å². The second-order valence-electron chi connectivity index (χ2n) is 12.3. The Hall–Kier alpha value is -6.42. The molecule has 8 aromatic carbocycles. The highest BCUT2D eigenvalue weighted by Gasteiger charge is 2.19. The second kappa shape index (κ2) is 11.0. The molecular formula is C48H30N2S. The normalized spacial score (nSPS) is 15.5. The summed E-state index contributed by atoms with van der Waals surface area (Å²) in [7, 11) is 0. The molecule has 0 saturated carbocycles. The van der Waals surface area contributed by atoms with Gasteiger partial charge in [0.1, 0.15) is 0 Å². The summed E-state index contributed by atoms with van der Waals surface area (Å²) in [5.41, 5.74) is 4.08. The minimum atomic E-state index is -0.628. The molecule has 0 aliphatic heterocycles. The van der Waals surface area contributed by atoms with Gasteiger partial charge < -0.3 is 9.13 Å². The van der Waals surface area contributed by atoms with Crippen molar-refractivity contribution in [2.75, 3.05) is 0 Å². The Kier molecular flexibility index (Phi) is 4.01. The largest absolute Gasteiger partial charge is 0.309 e. The number of nitrogens with zero attached hydrogens (tertiary/aromatic N) is 2. The topological polar surface area (TPSA) is 9.86 Å². The molecule has 0 atom stereocenters. The van der Waals surface area contributed by atoms with E-state index >= 15 is 0 Å². The van der Waals surface area contributed by atoms with Gasteiger partial charge in [-0.05, 0) is 82.9 Å². The van der Waals surface area contributed by atoms with E-state index in [0.29, 0.717) is 27.5 Å². The standard InChI is InChI=1S/C48H30N2S/c1-2-12-31(13-3-1)32-14-10-15-33(28-32)34-24-27-46-40(29-34)48-44(22-11-23-47(48)51-46)50-43-21-9-6-18-38(43)39-26-25-35(30-45(39)50)49-41-19-7-4-16-36(41)37-17-5-8-20-42(37)49/h1-30H/i1D,2D,3D,4D,7D,10D,12D,13D,14D,15D,16D,19D,28D. The van der Waals surface area contributed by atoms with Gasteiger partial charge in [-0.15, -0.1) is 11.3 Å². The number of thiophene rings is 1. The van der Waals surface area contributed by atoms with Gasteiger partial charge in [0.25, 0.3) is 0 Å². The fourth-order valence-electron chi connectivity index (χ4n) is 7.43. The van der Waals surface area contributed by atoms with E-state index in [2.05, 4.69) is 10.6 Å².